The van der Waals surface area contributed by atoms with Crippen LogP contribution in [0.4, 0.5) is 5.69 Å². The van der Waals surface area contributed by atoms with Gasteiger partial charge in [0, 0.05) is 27.1 Å². The molecule has 194 valence electrons. The number of aryl methyl sites for hydroxylation is 2. The van der Waals surface area contributed by atoms with E-state index in [0.29, 0.717) is 26.5 Å². The number of fused-ring (bicyclic) bond motifs is 2. The smallest absolute Gasteiger partial charge is 0.263 e. The molecule has 5 aromatic rings. The van der Waals surface area contributed by atoms with Gasteiger partial charge in [-0.05, 0) is 60.6 Å². The van der Waals surface area contributed by atoms with Crippen LogP contribution in [0.1, 0.15) is 39.9 Å². The quantitative estimate of drug-likeness (QED) is 0.242. The van der Waals surface area contributed by atoms with Gasteiger partial charge in [0.1, 0.15) is 11.4 Å². The fourth-order valence-corrected chi connectivity index (χ4v) is 6.18. The standard InChI is InChI=1S/C31H24ClN3O3S/c32-23-12-13-26(24(15-23)29(37)20-7-2-1-3-8-20)34-27(36)16-35-18-33-30-28(31(35)38)25(17-39-30)22-11-10-19-6-4-5-9-21(19)14-22/h1-3,7-8,10-15,17-18H,4-6,9,16H2,(H,34,36). The number of benzene rings is 3. The van der Waals surface area contributed by atoms with Crippen molar-refractivity contribution in [1.82, 2.24) is 9.55 Å². The fraction of sp³-hybridized carbons (Fsp3) is 0.161. The normalized spacial score (nSPS) is 12.7. The minimum atomic E-state index is -0.451. The van der Waals surface area contributed by atoms with Gasteiger partial charge in [0.15, 0.2) is 5.78 Å². The summed E-state index contributed by atoms with van der Waals surface area (Å²) in [7, 11) is 0. The molecule has 1 amide bonds. The summed E-state index contributed by atoms with van der Waals surface area (Å²) in [5, 5.41) is 5.64. The second kappa shape index (κ2) is 10.6. The molecular formula is C31H24ClN3O3S. The van der Waals surface area contributed by atoms with Crippen molar-refractivity contribution < 1.29 is 9.59 Å². The van der Waals surface area contributed by atoms with Crippen LogP contribution in [0.25, 0.3) is 21.3 Å². The van der Waals surface area contributed by atoms with Crippen molar-refractivity contribution in [2.24, 2.45) is 0 Å². The number of ketones is 1. The maximum absolute atomic E-state index is 13.5. The van der Waals surface area contributed by atoms with E-state index in [2.05, 4.69) is 28.5 Å². The summed E-state index contributed by atoms with van der Waals surface area (Å²) in [6, 6.07) is 19.9. The number of carbonyl (C=O) groups is 2. The largest absolute Gasteiger partial charge is 0.324 e. The Morgan fingerprint density at radius 3 is 2.59 bits per heavy atom. The number of carbonyl (C=O) groups excluding carboxylic acids is 2. The molecule has 6 rings (SSSR count). The van der Waals surface area contributed by atoms with Gasteiger partial charge < -0.3 is 5.32 Å². The van der Waals surface area contributed by atoms with E-state index in [4.69, 9.17) is 11.6 Å². The molecule has 6 nitrogen and oxygen atoms in total. The fourth-order valence-electron chi connectivity index (χ4n) is 5.10. The lowest BCUT2D eigenvalue weighted by molar-refractivity contribution is -0.116. The summed E-state index contributed by atoms with van der Waals surface area (Å²) in [5.41, 5.74) is 5.35. The van der Waals surface area contributed by atoms with E-state index in [1.54, 1.807) is 36.4 Å². The molecule has 0 unspecified atom stereocenters. The summed E-state index contributed by atoms with van der Waals surface area (Å²) < 4.78 is 1.31. The van der Waals surface area contributed by atoms with Crippen molar-refractivity contribution in [3.05, 3.63) is 116 Å². The van der Waals surface area contributed by atoms with Crippen molar-refractivity contribution in [2.45, 2.75) is 32.2 Å². The highest BCUT2D eigenvalue weighted by Gasteiger charge is 2.19. The van der Waals surface area contributed by atoms with Gasteiger partial charge in [0.05, 0.1) is 17.4 Å². The van der Waals surface area contributed by atoms with E-state index in [1.807, 2.05) is 11.4 Å². The molecule has 39 heavy (non-hydrogen) atoms. The van der Waals surface area contributed by atoms with E-state index in [9.17, 15) is 14.4 Å². The van der Waals surface area contributed by atoms with E-state index >= 15 is 0 Å². The molecule has 8 heteroatoms. The number of rotatable bonds is 6. The topological polar surface area (TPSA) is 81.1 Å². The molecule has 1 N–H and O–H groups in total. The van der Waals surface area contributed by atoms with Gasteiger partial charge in [-0.15, -0.1) is 11.3 Å². The van der Waals surface area contributed by atoms with Gasteiger partial charge in [0.25, 0.3) is 5.56 Å². The number of halogens is 1. The van der Waals surface area contributed by atoms with Crippen LogP contribution in [0.2, 0.25) is 5.02 Å². The first-order valence-corrected chi connectivity index (χ1v) is 14.0. The van der Waals surface area contributed by atoms with Crippen molar-refractivity contribution in [2.75, 3.05) is 5.32 Å². The van der Waals surface area contributed by atoms with Crippen molar-refractivity contribution in [1.29, 1.82) is 0 Å². The van der Waals surface area contributed by atoms with Gasteiger partial charge in [-0.25, -0.2) is 4.98 Å². The molecule has 0 radical (unpaired) electrons. The maximum Gasteiger partial charge on any atom is 0.263 e. The second-order valence-electron chi connectivity index (χ2n) is 9.63. The zero-order chi connectivity index (χ0) is 26.9. The van der Waals surface area contributed by atoms with Crippen LogP contribution in [0, 0.1) is 0 Å². The third-order valence-corrected chi connectivity index (χ3v) is 8.19. The number of nitrogens with zero attached hydrogens (tertiary/aromatic N) is 2. The molecule has 0 bridgehead atoms. The highest BCUT2D eigenvalue weighted by Crippen LogP contribution is 2.33. The highest BCUT2D eigenvalue weighted by atomic mass is 35.5. The first kappa shape index (κ1) is 25.2. The molecule has 1 aliphatic carbocycles. The van der Waals surface area contributed by atoms with Crippen molar-refractivity contribution in [3.63, 3.8) is 0 Å². The first-order chi connectivity index (χ1) is 19.0. The Morgan fingerprint density at radius 1 is 0.974 bits per heavy atom. The molecule has 0 aliphatic heterocycles. The molecule has 0 saturated heterocycles. The van der Waals surface area contributed by atoms with Crippen LogP contribution in [0.3, 0.4) is 0 Å². The minimum Gasteiger partial charge on any atom is -0.324 e. The Labute approximate surface area is 233 Å². The van der Waals surface area contributed by atoms with Crippen LogP contribution >= 0.6 is 22.9 Å². The lowest BCUT2D eigenvalue weighted by atomic mass is 9.89. The summed E-state index contributed by atoms with van der Waals surface area (Å²) in [5.74, 6) is -0.713. The van der Waals surface area contributed by atoms with E-state index in [0.717, 1.165) is 24.0 Å². The Kier molecular flexibility index (Phi) is 6.85. The van der Waals surface area contributed by atoms with E-state index < -0.39 is 5.91 Å². The highest BCUT2D eigenvalue weighted by molar-refractivity contribution is 7.17. The number of nitrogens with one attached hydrogen (secondary N) is 1. The molecule has 2 aromatic heterocycles. The predicted octanol–water partition coefficient (Wildman–Crippen LogP) is 6.53. The first-order valence-electron chi connectivity index (χ1n) is 12.8. The Hall–Kier alpha value is -4.07. The Balaban J connectivity index is 1.29. The Morgan fingerprint density at radius 2 is 1.77 bits per heavy atom. The van der Waals surface area contributed by atoms with Gasteiger partial charge in [0.2, 0.25) is 5.91 Å². The van der Waals surface area contributed by atoms with Crippen LogP contribution in [-0.4, -0.2) is 21.2 Å². The zero-order valence-corrected chi connectivity index (χ0v) is 22.5. The number of amides is 1. The molecule has 0 saturated carbocycles. The molecule has 0 atom stereocenters. The average Bonchev–Trinajstić information content (AvgIpc) is 3.40. The molecule has 0 spiro atoms. The van der Waals surface area contributed by atoms with E-state index in [-0.39, 0.29) is 23.5 Å². The molecule has 2 heterocycles. The number of anilines is 1. The lowest BCUT2D eigenvalue weighted by Crippen LogP contribution is -2.28. The molecule has 1 aliphatic rings. The molecular weight excluding hydrogens is 530 g/mol. The molecule has 3 aromatic carbocycles. The van der Waals surface area contributed by atoms with Gasteiger partial charge >= 0.3 is 0 Å². The SMILES string of the molecule is O=C(Cn1cnc2scc(-c3ccc4c(c3)CCCC4)c2c1=O)Nc1ccc(Cl)cc1C(=O)c1ccccc1. The third-order valence-electron chi connectivity index (χ3n) is 7.07. The van der Waals surface area contributed by atoms with Crippen LogP contribution < -0.4 is 10.9 Å². The maximum atomic E-state index is 13.5. The number of thiophene rings is 1. The number of aromatic nitrogens is 2. The zero-order valence-electron chi connectivity index (χ0n) is 20.9. The number of hydrogen-bond acceptors (Lipinski definition) is 5. The lowest BCUT2D eigenvalue weighted by Gasteiger charge is -2.16. The second-order valence-corrected chi connectivity index (χ2v) is 10.9. The third kappa shape index (κ3) is 5.03. The summed E-state index contributed by atoms with van der Waals surface area (Å²) >= 11 is 7.59. The van der Waals surface area contributed by atoms with Crippen molar-refractivity contribution in [3.8, 4) is 11.1 Å². The van der Waals surface area contributed by atoms with Gasteiger partial charge in [-0.2, -0.15) is 0 Å². The summed E-state index contributed by atoms with van der Waals surface area (Å²) in [4.78, 5) is 44.8. The predicted molar refractivity (Wildman–Crippen MR) is 156 cm³/mol. The summed E-state index contributed by atoms with van der Waals surface area (Å²) in [6.07, 6.45) is 5.93. The Bertz CT molecular complexity index is 1790. The van der Waals surface area contributed by atoms with Crippen molar-refractivity contribution >= 4 is 50.5 Å². The van der Waals surface area contributed by atoms with Gasteiger partial charge in [-0.1, -0.05) is 60.1 Å². The van der Waals surface area contributed by atoms with Gasteiger partial charge in [-0.3, -0.25) is 19.0 Å². The van der Waals surface area contributed by atoms with Crippen LogP contribution in [-0.2, 0) is 24.2 Å². The number of hydrogen-bond donors (Lipinski definition) is 1. The van der Waals surface area contributed by atoms with E-state index in [1.165, 1.54) is 52.3 Å². The average molecular weight is 554 g/mol. The van der Waals surface area contributed by atoms with Crippen LogP contribution in [0.15, 0.2) is 83.2 Å². The molecule has 0 fully saturated rings. The monoisotopic (exact) mass is 553 g/mol. The summed E-state index contributed by atoms with van der Waals surface area (Å²) in [6.45, 7) is -0.247. The minimum absolute atomic E-state index is 0.247. The van der Waals surface area contributed by atoms with Crippen LogP contribution in [0.5, 0.6) is 0 Å².